The average Bonchev–Trinajstić information content (AvgIpc) is 2.46. The number of carbonyl (C=O) groups is 2. The molecule has 0 saturated heterocycles. The summed E-state index contributed by atoms with van der Waals surface area (Å²) in [6.07, 6.45) is 0. The van der Waals surface area contributed by atoms with E-state index in [1.165, 1.54) is 0 Å². The van der Waals surface area contributed by atoms with Gasteiger partial charge in [0.15, 0.2) is 0 Å². The highest BCUT2D eigenvalue weighted by Gasteiger charge is 2.35. The molecule has 21 heavy (non-hydrogen) atoms. The lowest BCUT2D eigenvalue weighted by Gasteiger charge is -2.35. The predicted octanol–water partition coefficient (Wildman–Crippen LogP) is 2.22. The minimum absolute atomic E-state index is 0.0819. The third-order valence-electron chi connectivity index (χ3n) is 3.71. The van der Waals surface area contributed by atoms with Crippen LogP contribution in [0.1, 0.15) is 27.7 Å². The number of amides is 1. The monoisotopic (exact) mass is 292 g/mol. The van der Waals surface area contributed by atoms with Gasteiger partial charge < -0.3 is 10.0 Å². The molecule has 0 bridgehead atoms. The molecule has 0 unspecified atom stereocenters. The van der Waals surface area contributed by atoms with E-state index in [0.29, 0.717) is 13.1 Å². The van der Waals surface area contributed by atoms with Gasteiger partial charge in [0.2, 0.25) is 5.91 Å². The molecule has 0 aromatic heterocycles. The third kappa shape index (κ3) is 4.04. The number of hydrogen-bond donors (Lipinski definition) is 1. The van der Waals surface area contributed by atoms with Gasteiger partial charge in [-0.3, -0.25) is 14.5 Å². The Morgan fingerprint density at radius 3 is 2.10 bits per heavy atom. The van der Waals surface area contributed by atoms with Gasteiger partial charge in [0.1, 0.15) is 5.54 Å². The SMILES string of the molecule is CCN(C(=O)CN(CC)C(C)(C)C(=O)O)c1ccccc1. The first kappa shape index (κ1) is 17.2. The van der Waals surface area contributed by atoms with Crippen molar-refractivity contribution in [1.29, 1.82) is 0 Å². The summed E-state index contributed by atoms with van der Waals surface area (Å²) in [7, 11) is 0. The van der Waals surface area contributed by atoms with Crippen LogP contribution < -0.4 is 4.90 Å². The summed E-state index contributed by atoms with van der Waals surface area (Å²) in [6, 6.07) is 9.40. The molecule has 1 aromatic carbocycles. The maximum absolute atomic E-state index is 12.5. The van der Waals surface area contributed by atoms with Crippen molar-refractivity contribution in [1.82, 2.24) is 4.90 Å². The molecule has 5 heteroatoms. The summed E-state index contributed by atoms with van der Waals surface area (Å²) in [6.45, 7) is 8.12. The number of anilines is 1. The van der Waals surface area contributed by atoms with Crippen LogP contribution in [-0.4, -0.2) is 47.1 Å². The van der Waals surface area contributed by atoms with E-state index < -0.39 is 11.5 Å². The van der Waals surface area contributed by atoms with Crippen molar-refractivity contribution >= 4 is 17.6 Å². The van der Waals surface area contributed by atoms with Crippen molar-refractivity contribution in [2.75, 3.05) is 24.5 Å². The number of hydrogen-bond acceptors (Lipinski definition) is 3. The summed E-state index contributed by atoms with van der Waals surface area (Å²) in [5.74, 6) is -1.03. The van der Waals surface area contributed by atoms with Gasteiger partial charge in [0.05, 0.1) is 6.54 Å². The summed E-state index contributed by atoms with van der Waals surface area (Å²) >= 11 is 0. The van der Waals surface area contributed by atoms with Crippen LogP contribution in [0.15, 0.2) is 30.3 Å². The van der Waals surface area contributed by atoms with E-state index in [9.17, 15) is 14.7 Å². The van der Waals surface area contributed by atoms with E-state index in [2.05, 4.69) is 0 Å². The molecule has 116 valence electrons. The quantitative estimate of drug-likeness (QED) is 0.837. The molecule has 0 heterocycles. The maximum atomic E-state index is 12.5. The van der Waals surface area contributed by atoms with Crippen LogP contribution in [0.2, 0.25) is 0 Å². The topological polar surface area (TPSA) is 60.9 Å². The van der Waals surface area contributed by atoms with Gasteiger partial charge in [-0.1, -0.05) is 25.1 Å². The number of rotatable bonds is 7. The van der Waals surface area contributed by atoms with Crippen LogP contribution in [0.3, 0.4) is 0 Å². The first-order chi connectivity index (χ1) is 9.84. The zero-order valence-electron chi connectivity index (χ0n) is 13.2. The van der Waals surface area contributed by atoms with Crippen molar-refractivity contribution in [3.63, 3.8) is 0 Å². The van der Waals surface area contributed by atoms with E-state index >= 15 is 0 Å². The number of nitrogens with zero attached hydrogens (tertiary/aromatic N) is 2. The number of likely N-dealkylation sites (N-methyl/N-ethyl adjacent to an activating group) is 2. The molecule has 0 fully saturated rings. The summed E-state index contributed by atoms with van der Waals surface area (Å²) in [5.41, 5.74) is -0.241. The lowest BCUT2D eigenvalue weighted by Crippen LogP contribution is -2.54. The van der Waals surface area contributed by atoms with Crippen LogP contribution in [-0.2, 0) is 9.59 Å². The van der Waals surface area contributed by atoms with Gasteiger partial charge in [-0.15, -0.1) is 0 Å². The zero-order valence-corrected chi connectivity index (χ0v) is 13.2. The van der Waals surface area contributed by atoms with Gasteiger partial charge in [-0.2, -0.15) is 0 Å². The first-order valence-corrected chi connectivity index (χ1v) is 7.18. The molecule has 0 spiro atoms. The van der Waals surface area contributed by atoms with Crippen molar-refractivity contribution in [3.8, 4) is 0 Å². The number of carboxylic acid groups (broad SMARTS) is 1. The Bertz CT molecular complexity index is 486. The molecule has 0 atom stereocenters. The summed E-state index contributed by atoms with van der Waals surface area (Å²) in [5, 5.41) is 9.30. The Morgan fingerprint density at radius 2 is 1.67 bits per heavy atom. The average molecular weight is 292 g/mol. The van der Waals surface area contributed by atoms with E-state index in [1.807, 2.05) is 44.2 Å². The van der Waals surface area contributed by atoms with Crippen LogP contribution in [0.25, 0.3) is 0 Å². The third-order valence-corrected chi connectivity index (χ3v) is 3.71. The molecule has 0 radical (unpaired) electrons. The lowest BCUT2D eigenvalue weighted by atomic mass is 10.0. The summed E-state index contributed by atoms with van der Waals surface area (Å²) < 4.78 is 0. The molecule has 5 nitrogen and oxygen atoms in total. The zero-order chi connectivity index (χ0) is 16.0. The fourth-order valence-electron chi connectivity index (χ4n) is 2.20. The summed E-state index contributed by atoms with van der Waals surface area (Å²) in [4.78, 5) is 27.2. The second kappa shape index (κ2) is 7.22. The molecule has 0 aliphatic heterocycles. The molecule has 0 aliphatic rings. The van der Waals surface area contributed by atoms with Crippen LogP contribution in [0.4, 0.5) is 5.69 Å². The van der Waals surface area contributed by atoms with E-state index in [0.717, 1.165) is 5.69 Å². The van der Waals surface area contributed by atoms with Gasteiger partial charge in [-0.25, -0.2) is 0 Å². The van der Waals surface area contributed by atoms with Gasteiger partial charge >= 0.3 is 5.97 Å². The van der Waals surface area contributed by atoms with Crippen molar-refractivity contribution in [3.05, 3.63) is 30.3 Å². The Labute approximate surface area is 126 Å². The molecular weight excluding hydrogens is 268 g/mol. The Hall–Kier alpha value is -1.88. The fourth-order valence-corrected chi connectivity index (χ4v) is 2.20. The minimum Gasteiger partial charge on any atom is -0.480 e. The standard InChI is InChI=1S/C16H24N2O3/c1-5-17(16(3,4)15(20)21)12-14(19)18(6-2)13-10-8-7-9-11-13/h7-11H,5-6,12H2,1-4H3,(H,20,21). The smallest absolute Gasteiger partial charge is 0.323 e. The van der Waals surface area contributed by atoms with Gasteiger partial charge in [-0.05, 0) is 39.4 Å². The van der Waals surface area contributed by atoms with E-state index in [4.69, 9.17) is 0 Å². The Morgan fingerprint density at radius 1 is 1.10 bits per heavy atom. The second-order valence-electron chi connectivity index (χ2n) is 5.35. The molecular formula is C16H24N2O3. The maximum Gasteiger partial charge on any atom is 0.323 e. The number of aliphatic carboxylic acids is 1. The molecule has 1 aromatic rings. The second-order valence-corrected chi connectivity index (χ2v) is 5.35. The van der Waals surface area contributed by atoms with Crippen LogP contribution in [0.5, 0.6) is 0 Å². The highest BCUT2D eigenvalue weighted by molar-refractivity contribution is 5.95. The fraction of sp³-hybridized carbons (Fsp3) is 0.500. The van der Waals surface area contributed by atoms with Gasteiger partial charge in [0, 0.05) is 12.2 Å². The van der Waals surface area contributed by atoms with Crippen molar-refractivity contribution in [2.24, 2.45) is 0 Å². The van der Waals surface area contributed by atoms with Crippen molar-refractivity contribution < 1.29 is 14.7 Å². The number of carbonyl (C=O) groups excluding carboxylic acids is 1. The highest BCUT2D eigenvalue weighted by atomic mass is 16.4. The Balaban J connectivity index is 2.89. The normalized spacial score (nSPS) is 11.5. The number of carboxylic acids is 1. The number of para-hydroxylation sites is 1. The lowest BCUT2D eigenvalue weighted by molar-refractivity contribution is -0.149. The molecule has 1 N–H and O–H groups in total. The van der Waals surface area contributed by atoms with Crippen molar-refractivity contribution in [2.45, 2.75) is 33.2 Å². The predicted molar refractivity (Wildman–Crippen MR) is 83.4 cm³/mol. The van der Waals surface area contributed by atoms with E-state index in [-0.39, 0.29) is 12.5 Å². The Kier molecular flexibility index (Phi) is 5.90. The van der Waals surface area contributed by atoms with Crippen LogP contribution in [0, 0.1) is 0 Å². The molecule has 1 amide bonds. The van der Waals surface area contributed by atoms with E-state index in [1.54, 1.807) is 23.6 Å². The molecule has 0 saturated carbocycles. The largest absolute Gasteiger partial charge is 0.480 e. The first-order valence-electron chi connectivity index (χ1n) is 7.18. The van der Waals surface area contributed by atoms with Crippen LogP contribution >= 0.6 is 0 Å². The van der Waals surface area contributed by atoms with Gasteiger partial charge in [0.25, 0.3) is 0 Å². The minimum atomic E-state index is -1.07. The number of benzene rings is 1. The molecule has 1 rings (SSSR count). The molecule has 0 aliphatic carbocycles. The highest BCUT2D eigenvalue weighted by Crippen LogP contribution is 2.17.